The number of halogens is 1. The molecule has 0 spiro atoms. The Balaban J connectivity index is 0.00000208. The van der Waals surface area contributed by atoms with E-state index in [0.29, 0.717) is 11.8 Å². The van der Waals surface area contributed by atoms with E-state index in [0.717, 1.165) is 29.9 Å². The molecule has 5 atom stereocenters. The van der Waals surface area contributed by atoms with Gasteiger partial charge in [0.05, 0.1) is 26.2 Å². The highest BCUT2D eigenvalue weighted by atomic mass is 35.5. The van der Waals surface area contributed by atoms with Crippen molar-refractivity contribution in [2.45, 2.75) is 38.3 Å². The molecule has 5 nitrogen and oxygen atoms in total. The third-order valence-corrected chi connectivity index (χ3v) is 5.55. The zero-order chi connectivity index (χ0) is 16.6. The maximum Gasteiger partial charge on any atom is 0.225 e. The van der Waals surface area contributed by atoms with Crippen LogP contribution in [0.1, 0.15) is 37.8 Å². The fourth-order valence-corrected chi connectivity index (χ4v) is 4.29. The molecule has 0 saturated heterocycles. The summed E-state index contributed by atoms with van der Waals surface area (Å²) >= 11 is 0. The van der Waals surface area contributed by atoms with Gasteiger partial charge in [-0.1, -0.05) is 0 Å². The topological polar surface area (TPSA) is 73.6 Å². The number of carbonyl (C=O) groups excluding carboxylic acids is 1. The van der Waals surface area contributed by atoms with Gasteiger partial charge in [0.25, 0.3) is 0 Å². The maximum absolute atomic E-state index is 12.7. The number of fused-ring (bicyclic) bond motifs is 2. The Morgan fingerprint density at radius 1 is 1.25 bits per heavy atom. The van der Waals surface area contributed by atoms with E-state index >= 15 is 0 Å². The fraction of sp³-hybridized carbons (Fsp3) is 0.611. The Labute approximate surface area is 149 Å². The number of hydrogen-bond acceptors (Lipinski definition) is 4. The molecule has 1 aromatic rings. The molecule has 2 fully saturated rings. The number of benzene rings is 1. The van der Waals surface area contributed by atoms with Gasteiger partial charge in [0.2, 0.25) is 5.91 Å². The quantitative estimate of drug-likeness (QED) is 0.852. The molecule has 5 unspecified atom stereocenters. The number of methoxy groups -OCH3 is 2. The van der Waals surface area contributed by atoms with E-state index in [1.807, 2.05) is 25.1 Å². The molecule has 0 aromatic heterocycles. The lowest BCUT2D eigenvalue weighted by molar-refractivity contribution is -0.127. The van der Waals surface area contributed by atoms with Gasteiger partial charge < -0.3 is 20.5 Å². The molecule has 3 rings (SSSR count). The molecule has 134 valence electrons. The Morgan fingerprint density at radius 2 is 1.96 bits per heavy atom. The molecule has 6 heteroatoms. The van der Waals surface area contributed by atoms with Crippen LogP contribution in [0.2, 0.25) is 0 Å². The molecule has 1 aromatic carbocycles. The first-order valence-electron chi connectivity index (χ1n) is 8.33. The van der Waals surface area contributed by atoms with Gasteiger partial charge in [-0.05, 0) is 56.2 Å². The van der Waals surface area contributed by atoms with Crippen LogP contribution in [0.4, 0.5) is 0 Å². The summed E-state index contributed by atoms with van der Waals surface area (Å²) in [5.41, 5.74) is 7.19. The lowest BCUT2D eigenvalue weighted by atomic mass is 9.84. The standard InChI is InChI=1S/C18H26N2O3.ClH/c1-10(14-9-13(22-2)6-7-15(14)23-3)20-18(21)16-11-4-5-12(8-11)17(16)19;/h6-7,9-12,16-17H,4-5,8,19H2,1-3H3,(H,20,21);1H. The van der Waals surface area contributed by atoms with Gasteiger partial charge in [0.15, 0.2) is 0 Å². The van der Waals surface area contributed by atoms with E-state index < -0.39 is 0 Å². The third-order valence-electron chi connectivity index (χ3n) is 5.55. The van der Waals surface area contributed by atoms with Crippen molar-refractivity contribution in [3.05, 3.63) is 23.8 Å². The normalized spacial score (nSPS) is 28.8. The SMILES string of the molecule is COc1ccc(OC)c(C(C)NC(=O)C2C3CCC(C3)C2N)c1.Cl. The lowest BCUT2D eigenvalue weighted by Gasteiger charge is -2.28. The largest absolute Gasteiger partial charge is 0.497 e. The molecule has 0 heterocycles. The molecule has 2 saturated carbocycles. The molecular formula is C18H27ClN2O3. The van der Waals surface area contributed by atoms with Crippen LogP contribution in [-0.2, 0) is 4.79 Å². The average Bonchev–Trinajstić information content (AvgIpc) is 3.14. The van der Waals surface area contributed by atoms with Gasteiger partial charge in [0.1, 0.15) is 11.5 Å². The minimum absolute atomic E-state index is 0. The maximum atomic E-state index is 12.7. The van der Waals surface area contributed by atoms with Gasteiger partial charge in [0, 0.05) is 11.6 Å². The second-order valence-electron chi connectivity index (χ2n) is 6.77. The average molecular weight is 355 g/mol. The second kappa shape index (κ2) is 7.62. The monoisotopic (exact) mass is 354 g/mol. The summed E-state index contributed by atoms with van der Waals surface area (Å²) in [6, 6.07) is 5.47. The Bertz CT molecular complexity index is 594. The van der Waals surface area contributed by atoms with E-state index in [1.165, 1.54) is 6.42 Å². The second-order valence-corrected chi connectivity index (χ2v) is 6.77. The predicted molar refractivity (Wildman–Crippen MR) is 95.6 cm³/mol. The predicted octanol–water partition coefficient (Wildman–Crippen LogP) is 2.68. The van der Waals surface area contributed by atoms with E-state index in [4.69, 9.17) is 15.2 Å². The molecular weight excluding hydrogens is 328 g/mol. The fourth-order valence-electron chi connectivity index (χ4n) is 4.29. The number of rotatable bonds is 5. The van der Waals surface area contributed by atoms with Gasteiger partial charge >= 0.3 is 0 Å². The summed E-state index contributed by atoms with van der Waals surface area (Å²) < 4.78 is 10.7. The highest BCUT2D eigenvalue weighted by Crippen LogP contribution is 2.47. The van der Waals surface area contributed by atoms with Gasteiger partial charge in [-0.3, -0.25) is 4.79 Å². The smallest absolute Gasteiger partial charge is 0.225 e. The van der Waals surface area contributed by atoms with E-state index in [1.54, 1.807) is 14.2 Å². The highest BCUT2D eigenvalue weighted by Gasteiger charge is 2.49. The summed E-state index contributed by atoms with van der Waals surface area (Å²) in [6.45, 7) is 1.97. The zero-order valence-electron chi connectivity index (χ0n) is 14.5. The summed E-state index contributed by atoms with van der Waals surface area (Å²) in [5.74, 6) is 2.50. The van der Waals surface area contributed by atoms with Crippen LogP contribution in [0.5, 0.6) is 11.5 Å². The number of amides is 1. The molecule has 0 aliphatic heterocycles. The summed E-state index contributed by atoms with van der Waals surface area (Å²) in [7, 11) is 3.26. The van der Waals surface area contributed by atoms with Crippen LogP contribution in [0.3, 0.4) is 0 Å². The lowest BCUT2D eigenvalue weighted by Crippen LogP contribution is -2.45. The minimum atomic E-state index is -0.154. The molecule has 2 bridgehead atoms. The van der Waals surface area contributed by atoms with Gasteiger partial charge in [-0.15, -0.1) is 12.4 Å². The van der Waals surface area contributed by atoms with E-state index in [-0.39, 0.29) is 36.3 Å². The third kappa shape index (κ3) is 3.33. The molecule has 0 radical (unpaired) electrons. The minimum Gasteiger partial charge on any atom is -0.497 e. The first-order chi connectivity index (χ1) is 11.0. The molecule has 1 amide bonds. The van der Waals surface area contributed by atoms with Crippen molar-refractivity contribution in [3.8, 4) is 11.5 Å². The van der Waals surface area contributed by atoms with Crippen molar-refractivity contribution in [1.29, 1.82) is 0 Å². The van der Waals surface area contributed by atoms with Gasteiger partial charge in [-0.25, -0.2) is 0 Å². The number of carbonyl (C=O) groups is 1. The van der Waals surface area contributed by atoms with Crippen molar-refractivity contribution >= 4 is 18.3 Å². The van der Waals surface area contributed by atoms with Crippen molar-refractivity contribution in [2.75, 3.05) is 14.2 Å². The molecule has 3 N–H and O–H groups in total. The van der Waals surface area contributed by atoms with E-state index in [9.17, 15) is 4.79 Å². The number of nitrogens with two attached hydrogens (primary N) is 1. The van der Waals surface area contributed by atoms with Crippen molar-refractivity contribution in [1.82, 2.24) is 5.32 Å². The Hall–Kier alpha value is -1.46. The Morgan fingerprint density at radius 3 is 2.54 bits per heavy atom. The molecule has 24 heavy (non-hydrogen) atoms. The molecule has 2 aliphatic rings. The Kier molecular flexibility index (Phi) is 5.99. The van der Waals surface area contributed by atoms with Crippen LogP contribution in [0.15, 0.2) is 18.2 Å². The zero-order valence-corrected chi connectivity index (χ0v) is 15.3. The van der Waals surface area contributed by atoms with Crippen LogP contribution in [0, 0.1) is 17.8 Å². The summed E-state index contributed by atoms with van der Waals surface area (Å²) in [5, 5.41) is 3.12. The van der Waals surface area contributed by atoms with Crippen molar-refractivity contribution in [3.63, 3.8) is 0 Å². The number of hydrogen-bond donors (Lipinski definition) is 2. The van der Waals surface area contributed by atoms with Gasteiger partial charge in [-0.2, -0.15) is 0 Å². The summed E-state index contributed by atoms with van der Waals surface area (Å²) in [4.78, 5) is 12.7. The first-order valence-corrected chi connectivity index (χ1v) is 8.33. The highest BCUT2D eigenvalue weighted by molar-refractivity contribution is 5.85. The van der Waals surface area contributed by atoms with E-state index in [2.05, 4.69) is 5.32 Å². The number of nitrogens with one attached hydrogen (secondary N) is 1. The van der Waals surface area contributed by atoms with Crippen molar-refractivity contribution < 1.29 is 14.3 Å². The first kappa shape index (κ1) is 18.9. The van der Waals surface area contributed by atoms with Crippen LogP contribution in [-0.4, -0.2) is 26.2 Å². The molecule has 2 aliphatic carbocycles. The van der Waals surface area contributed by atoms with Crippen molar-refractivity contribution in [2.24, 2.45) is 23.5 Å². The summed E-state index contributed by atoms with van der Waals surface area (Å²) in [6.07, 6.45) is 3.41. The van der Waals surface area contributed by atoms with Crippen LogP contribution in [0.25, 0.3) is 0 Å². The van der Waals surface area contributed by atoms with Crippen LogP contribution < -0.4 is 20.5 Å². The number of ether oxygens (including phenoxy) is 2. The van der Waals surface area contributed by atoms with Crippen LogP contribution >= 0.6 is 12.4 Å².